The summed E-state index contributed by atoms with van der Waals surface area (Å²) in [4.78, 5) is 29.2. The SMILES string of the molecule is C[C@H]1C(=O)N(C)C[C@@H]2CN(Cc3cccc(C(F)(F)F)c3)C(=O)N21. The number of hydrogen-bond acceptors (Lipinski definition) is 2. The van der Waals surface area contributed by atoms with Crippen molar-refractivity contribution in [2.75, 3.05) is 20.1 Å². The van der Waals surface area contributed by atoms with E-state index in [1.165, 1.54) is 15.9 Å². The fourth-order valence-electron chi connectivity index (χ4n) is 3.41. The summed E-state index contributed by atoms with van der Waals surface area (Å²) in [7, 11) is 1.69. The van der Waals surface area contributed by atoms with Crippen molar-refractivity contribution >= 4 is 11.9 Å². The summed E-state index contributed by atoms with van der Waals surface area (Å²) in [5, 5.41) is 0. The van der Waals surface area contributed by atoms with Gasteiger partial charge in [-0.1, -0.05) is 12.1 Å². The second kappa shape index (κ2) is 5.68. The molecule has 2 aliphatic rings. The zero-order chi connectivity index (χ0) is 17.6. The first-order valence-electron chi connectivity index (χ1n) is 7.67. The molecule has 24 heavy (non-hydrogen) atoms. The van der Waals surface area contributed by atoms with Crippen LogP contribution in [0.25, 0.3) is 0 Å². The highest BCUT2D eigenvalue weighted by Gasteiger charge is 2.46. The molecule has 8 heteroatoms. The van der Waals surface area contributed by atoms with E-state index in [2.05, 4.69) is 0 Å². The van der Waals surface area contributed by atoms with E-state index < -0.39 is 17.8 Å². The summed E-state index contributed by atoms with van der Waals surface area (Å²) in [6, 6.07) is 4.01. The lowest BCUT2D eigenvalue weighted by Crippen LogP contribution is -2.58. The molecule has 0 unspecified atom stereocenters. The van der Waals surface area contributed by atoms with Crippen LogP contribution >= 0.6 is 0 Å². The first kappa shape index (κ1) is 16.6. The molecule has 2 aliphatic heterocycles. The number of fused-ring (bicyclic) bond motifs is 1. The van der Waals surface area contributed by atoms with Crippen LogP contribution in [0.15, 0.2) is 24.3 Å². The molecule has 0 radical (unpaired) electrons. The average molecular weight is 341 g/mol. The van der Waals surface area contributed by atoms with Crippen LogP contribution in [-0.4, -0.2) is 58.9 Å². The molecular weight excluding hydrogens is 323 g/mol. The molecule has 2 saturated heterocycles. The summed E-state index contributed by atoms with van der Waals surface area (Å²) in [6.07, 6.45) is -4.41. The largest absolute Gasteiger partial charge is 0.416 e. The van der Waals surface area contributed by atoms with Gasteiger partial charge in [0.25, 0.3) is 0 Å². The van der Waals surface area contributed by atoms with E-state index in [0.717, 1.165) is 12.1 Å². The molecule has 5 nitrogen and oxygen atoms in total. The van der Waals surface area contributed by atoms with Crippen LogP contribution in [0.3, 0.4) is 0 Å². The van der Waals surface area contributed by atoms with Crippen LogP contribution in [0.5, 0.6) is 0 Å². The maximum atomic E-state index is 12.8. The zero-order valence-corrected chi connectivity index (χ0v) is 13.4. The van der Waals surface area contributed by atoms with Crippen LogP contribution in [0.1, 0.15) is 18.1 Å². The van der Waals surface area contributed by atoms with Crippen molar-refractivity contribution in [3.05, 3.63) is 35.4 Å². The number of amides is 3. The molecule has 2 fully saturated rings. The minimum absolute atomic E-state index is 0.0976. The van der Waals surface area contributed by atoms with Crippen molar-refractivity contribution in [2.45, 2.75) is 31.7 Å². The molecule has 130 valence electrons. The molecule has 1 aromatic rings. The van der Waals surface area contributed by atoms with Crippen molar-refractivity contribution in [3.63, 3.8) is 0 Å². The maximum Gasteiger partial charge on any atom is 0.416 e. The van der Waals surface area contributed by atoms with E-state index in [-0.39, 0.29) is 24.5 Å². The van der Waals surface area contributed by atoms with Gasteiger partial charge in [-0.2, -0.15) is 13.2 Å². The highest BCUT2D eigenvalue weighted by molar-refractivity contribution is 5.89. The summed E-state index contributed by atoms with van der Waals surface area (Å²) in [5.74, 6) is -0.125. The number of nitrogens with zero attached hydrogens (tertiary/aromatic N) is 3. The minimum Gasteiger partial charge on any atom is -0.342 e. The Labute approximate surface area is 137 Å². The van der Waals surface area contributed by atoms with Crippen molar-refractivity contribution < 1.29 is 22.8 Å². The number of urea groups is 1. The summed E-state index contributed by atoms with van der Waals surface area (Å²) >= 11 is 0. The summed E-state index contributed by atoms with van der Waals surface area (Å²) in [5.41, 5.74) is -0.307. The van der Waals surface area contributed by atoms with Crippen molar-refractivity contribution in [1.29, 1.82) is 0 Å². The summed E-state index contributed by atoms with van der Waals surface area (Å²) < 4.78 is 38.4. The van der Waals surface area contributed by atoms with E-state index in [0.29, 0.717) is 18.7 Å². The lowest BCUT2D eigenvalue weighted by Gasteiger charge is -2.38. The van der Waals surface area contributed by atoms with Crippen LogP contribution in [0.2, 0.25) is 0 Å². The van der Waals surface area contributed by atoms with Gasteiger partial charge in [-0.3, -0.25) is 4.79 Å². The van der Waals surface area contributed by atoms with Crippen LogP contribution in [0.4, 0.5) is 18.0 Å². The van der Waals surface area contributed by atoms with Crippen LogP contribution in [-0.2, 0) is 17.5 Å². The van der Waals surface area contributed by atoms with E-state index in [1.54, 1.807) is 24.9 Å². The van der Waals surface area contributed by atoms with Crippen LogP contribution in [0, 0.1) is 0 Å². The molecule has 0 aromatic heterocycles. The number of carbonyl (C=O) groups is 2. The Bertz CT molecular complexity index is 677. The van der Waals surface area contributed by atoms with E-state index in [9.17, 15) is 22.8 Å². The number of piperazine rings is 1. The molecule has 3 amide bonds. The number of halogens is 3. The monoisotopic (exact) mass is 341 g/mol. The Morgan fingerprint density at radius 1 is 1.21 bits per heavy atom. The van der Waals surface area contributed by atoms with Gasteiger partial charge in [-0.05, 0) is 24.6 Å². The Hall–Kier alpha value is -2.25. The Morgan fingerprint density at radius 2 is 1.92 bits per heavy atom. The topological polar surface area (TPSA) is 43.9 Å². The van der Waals surface area contributed by atoms with Gasteiger partial charge in [0.1, 0.15) is 6.04 Å². The minimum atomic E-state index is -4.41. The quantitative estimate of drug-likeness (QED) is 0.828. The van der Waals surface area contributed by atoms with Gasteiger partial charge in [-0.15, -0.1) is 0 Å². The maximum absolute atomic E-state index is 12.8. The molecule has 1 aromatic carbocycles. The summed E-state index contributed by atoms with van der Waals surface area (Å²) in [6.45, 7) is 2.61. The van der Waals surface area contributed by atoms with Gasteiger partial charge < -0.3 is 14.7 Å². The third kappa shape index (κ3) is 2.81. The number of likely N-dealkylation sites (N-methyl/N-ethyl adjacent to an activating group) is 1. The predicted molar refractivity (Wildman–Crippen MR) is 80.0 cm³/mol. The third-order valence-electron chi connectivity index (χ3n) is 4.58. The number of alkyl halides is 3. The molecule has 3 rings (SSSR count). The standard InChI is InChI=1S/C16H18F3N3O2/c1-10-14(23)20(2)8-13-9-21(15(24)22(10)13)7-11-4-3-5-12(6-11)16(17,18)19/h3-6,10,13H,7-9H2,1-2H3/t10-,13+/m0/s1. The van der Waals surface area contributed by atoms with Crippen molar-refractivity contribution in [3.8, 4) is 0 Å². The number of rotatable bonds is 2. The molecule has 2 atom stereocenters. The Morgan fingerprint density at radius 3 is 2.58 bits per heavy atom. The lowest BCUT2D eigenvalue weighted by atomic mass is 10.1. The second-order valence-electron chi connectivity index (χ2n) is 6.32. The zero-order valence-electron chi connectivity index (χ0n) is 13.4. The molecular formula is C16H18F3N3O2. The molecule has 0 bridgehead atoms. The number of carbonyl (C=O) groups excluding carboxylic acids is 2. The van der Waals surface area contributed by atoms with Gasteiger partial charge in [0.15, 0.2) is 0 Å². The Balaban J connectivity index is 1.78. The van der Waals surface area contributed by atoms with Gasteiger partial charge in [0.2, 0.25) is 5.91 Å². The molecule has 0 aliphatic carbocycles. The first-order chi connectivity index (χ1) is 11.2. The van der Waals surface area contributed by atoms with Gasteiger partial charge in [0, 0.05) is 26.7 Å². The molecule has 0 N–H and O–H groups in total. The molecule has 2 heterocycles. The second-order valence-corrected chi connectivity index (χ2v) is 6.32. The normalized spacial score (nSPS) is 24.6. The smallest absolute Gasteiger partial charge is 0.342 e. The predicted octanol–water partition coefficient (Wildman–Crippen LogP) is 2.17. The fourth-order valence-corrected chi connectivity index (χ4v) is 3.41. The highest BCUT2D eigenvalue weighted by Crippen LogP contribution is 2.31. The first-order valence-corrected chi connectivity index (χ1v) is 7.67. The molecule has 0 saturated carbocycles. The van der Waals surface area contributed by atoms with E-state index in [1.807, 2.05) is 0 Å². The van der Waals surface area contributed by atoms with Crippen molar-refractivity contribution in [1.82, 2.24) is 14.7 Å². The highest BCUT2D eigenvalue weighted by atomic mass is 19.4. The number of benzene rings is 1. The van der Waals surface area contributed by atoms with E-state index in [4.69, 9.17) is 0 Å². The number of hydrogen-bond donors (Lipinski definition) is 0. The Kier molecular flexibility index (Phi) is 3.93. The van der Waals surface area contributed by atoms with Gasteiger partial charge >= 0.3 is 12.2 Å². The third-order valence-corrected chi connectivity index (χ3v) is 4.58. The van der Waals surface area contributed by atoms with E-state index >= 15 is 0 Å². The molecule has 0 spiro atoms. The van der Waals surface area contributed by atoms with Gasteiger partial charge in [0.05, 0.1) is 11.6 Å². The van der Waals surface area contributed by atoms with Crippen molar-refractivity contribution in [2.24, 2.45) is 0 Å². The van der Waals surface area contributed by atoms with Gasteiger partial charge in [-0.25, -0.2) is 4.79 Å². The average Bonchev–Trinajstić information content (AvgIpc) is 2.80. The lowest BCUT2D eigenvalue weighted by molar-refractivity contribution is -0.139. The fraction of sp³-hybridized carbons (Fsp3) is 0.500. The van der Waals surface area contributed by atoms with Crippen LogP contribution < -0.4 is 0 Å².